The van der Waals surface area contributed by atoms with Gasteiger partial charge in [-0.2, -0.15) is 13.2 Å². The molecule has 0 aliphatic heterocycles. The Morgan fingerprint density at radius 3 is 2.35 bits per heavy atom. The summed E-state index contributed by atoms with van der Waals surface area (Å²) in [4.78, 5) is 26.0. The third-order valence-corrected chi connectivity index (χ3v) is 3.76. The molecule has 0 atom stereocenters. The lowest BCUT2D eigenvalue weighted by molar-refractivity contribution is -0.384. The minimum absolute atomic E-state index is 0.194. The number of hydrogen-bond acceptors (Lipinski definition) is 5. The molecule has 0 fully saturated rings. The van der Waals surface area contributed by atoms with E-state index in [4.69, 9.17) is 0 Å². The van der Waals surface area contributed by atoms with Gasteiger partial charge in [0.05, 0.1) is 16.1 Å². The van der Waals surface area contributed by atoms with Crippen LogP contribution >= 0.6 is 0 Å². The van der Waals surface area contributed by atoms with Crippen molar-refractivity contribution in [3.63, 3.8) is 0 Å². The lowest BCUT2D eigenvalue weighted by Crippen LogP contribution is -2.05. The monoisotopic (exact) mass is 362 g/mol. The van der Waals surface area contributed by atoms with Crippen molar-refractivity contribution in [3.8, 4) is 0 Å². The summed E-state index contributed by atoms with van der Waals surface area (Å²) in [6.45, 7) is 0. The summed E-state index contributed by atoms with van der Waals surface area (Å²) >= 11 is 0. The Kier molecular flexibility index (Phi) is 4.07. The number of halogens is 3. The maximum Gasteiger partial charge on any atom is 0.416 e. The average molecular weight is 362 g/mol. The van der Waals surface area contributed by atoms with Crippen LogP contribution < -0.4 is 0 Å². The first-order valence-electron chi connectivity index (χ1n) is 7.17. The quantitative estimate of drug-likeness (QED) is 0.495. The third kappa shape index (κ3) is 2.94. The molecule has 1 N–H and O–H groups in total. The van der Waals surface area contributed by atoms with Crippen LogP contribution in [0.3, 0.4) is 0 Å². The summed E-state index contributed by atoms with van der Waals surface area (Å²) in [6.07, 6.45) is -3.83. The maximum absolute atomic E-state index is 12.7. The van der Waals surface area contributed by atoms with Gasteiger partial charge in [-0.25, -0.2) is 4.99 Å². The van der Waals surface area contributed by atoms with Gasteiger partial charge in [0.15, 0.2) is 5.78 Å². The number of hydrogen-bond donors (Lipinski definition) is 1. The van der Waals surface area contributed by atoms with Crippen LogP contribution in [0.2, 0.25) is 0 Å². The number of carbonyl (C=O) groups is 1. The summed E-state index contributed by atoms with van der Waals surface area (Å²) in [5.74, 6) is -0.875. The van der Waals surface area contributed by atoms with Crippen molar-refractivity contribution in [3.05, 3.63) is 74.8 Å². The second-order valence-corrected chi connectivity index (χ2v) is 5.35. The van der Waals surface area contributed by atoms with Crippen molar-refractivity contribution in [2.45, 2.75) is 6.18 Å². The van der Waals surface area contributed by atoms with Gasteiger partial charge in [0, 0.05) is 23.4 Å². The van der Waals surface area contributed by atoms with Gasteiger partial charge in [0.25, 0.3) is 5.69 Å². The summed E-state index contributed by atoms with van der Waals surface area (Å²) < 4.78 is 38.1. The Balaban J connectivity index is 2.01. The average Bonchev–Trinajstić information content (AvgIpc) is 2.83. The predicted octanol–water partition coefficient (Wildman–Crippen LogP) is 4.48. The molecule has 1 aliphatic carbocycles. The number of ketones is 1. The number of aliphatic hydroxyl groups excluding tert-OH is 1. The van der Waals surface area contributed by atoms with Crippen LogP contribution in [0.1, 0.15) is 21.5 Å². The van der Waals surface area contributed by atoms with E-state index < -0.39 is 28.1 Å². The molecule has 0 heterocycles. The highest BCUT2D eigenvalue weighted by Crippen LogP contribution is 2.36. The zero-order chi connectivity index (χ0) is 19.1. The Morgan fingerprint density at radius 1 is 1.12 bits per heavy atom. The fourth-order valence-corrected chi connectivity index (χ4v) is 2.49. The molecule has 0 saturated carbocycles. The number of carbonyl (C=O) groups excluding carboxylic acids is 1. The highest BCUT2D eigenvalue weighted by atomic mass is 19.4. The van der Waals surface area contributed by atoms with Crippen LogP contribution in [0.15, 0.2) is 53.0 Å². The van der Waals surface area contributed by atoms with Crippen LogP contribution in [0.25, 0.3) is 5.76 Å². The molecule has 1 aliphatic rings. The van der Waals surface area contributed by atoms with Crippen LogP contribution in [0.5, 0.6) is 0 Å². The standard InChI is InChI=1S/C17H9F3N2O4/c18-17(19,20)9-5-6-13(14(7-9)22(25)26)21-8-12-15(23)10-3-1-2-4-11(10)16(12)24/h1-8,23H. The Hall–Kier alpha value is -3.49. The van der Waals surface area contributed by atoms with E-state index in [1.165, 1.54) is 12.1 Å². The minimum Gasteiger partial charge on any atom is -0.506 e. The largest absolute Gasteiger partial charge is 0.506 e. The molecule has 2 aromatic rings. The third-order valence-electron chi connectivity index (χ3n) is 3.76. The van der Waals surface area contributed by atoms with Crippen LogP contribution in [-0.4, -0.2) is 22.0 Å². The lowest BCUT2D eigenvalue weighted by Gasteiger charge is -2.06. The number of rotatable bonds is 3. The number of alkyl halides is 3. The number of allylic oxidation sites excluding steroid dienone is 1. The van der Waals surface area contributed by atoms with Gasteiger partial charge < -0.3 is 5.11 Å². The first-order valence-corrected chi connectivity index (χ1v) is 7.17. The van der Waals surface area contributed by atoms with E-state index in [1.807, 2.05) is 0 Å². The Bertz CT molecular complexity index is 994. The normalized spacial score (nSPS) is 14.2. The second kappa shape index (κ2) is 6.10. The van der Waals surface area contributed by atoms with E-state index in [2.05, 4.69) is 4.99 Å². The number of nitro groups is 1. The molecular formula is C17H9F3N2O4. The SMILES string of the molecule is O=C1C(C=Nc2ccc(C(F)(F)F)cc2[N+](=O)[O-])=C(O)c2ccccc21. The van der Waals surface area contributed by atoms with Gasteiger partial charge >= 0.3 is 6.18 Å². The summed E-state index contributed by atoms with van der Waals surface area (Å²) in [7, 11) is 0. The first-order chi connectivity index (χ1) is 12.2. The Labute approximate surface area is 144 Å². The number of nitro benzene ring substituents is 1. The van der Waals surface area contributed by atoms with Crippen LogP contribution in [-0.2, 0) is 6.18 Å². The molecule has 132 valence electrons. The van der Waals surface area contributed by atoms with Crippen molar-refractivity contribution in [1.29, 1.82) is 0 Å². The zero-order valence-corrected chi connectivity index (χ0v) is 12.8. The van der Waals surface area contributed by atoms with Crippen LogP contribution in [0.4, 0.5) is 24.5 Å². The molecule has 9 heteroatoms. The molecule has 3 rings (SSSR count). The van der Waals surface area contributed by atoms with E-state index in [0.29, 0.717) is 17.7 Å². The van der Waals surface area contributed by atoms with Gasteiger partial charge in [-0.15, -0.1) is 0 Å². The second-order valence-electron chi connectivity index (χ2n) is 5.35. The van der Waals surface area contributed by atoms with Crippen molar-refractivity contribution in [2.75, 3.05) is 0 Å². The molecule has 2 aromatic carbocycles. The van der Waals surface area contributed by atoms with E-state index in [-0.39, 0.29) is 22.6 Å². The molecule has 0 bridgehead atoms. The van der Waals surface area contributed by atoms with Crippen molar-refractivity contribution >= 4 is 29.1 Å². The minimum atomic E-state index is -4.74. The van der Waals surface area contributed by atoms with Gasteiger partial charge in [0.2, 0.25) is 0 Å². The maximum atomic E-state index is 12.7. The summed E-state index contributed by atoms with van der Waals surface area (Å²) in [6, 6.07) is 8.08. The molecule has 26 heavy (non-hydrogen) atoms. The molecule has 0 radical (unpaired) electrons. The van der Waals surface area contributed by atoms with Gasteiger partial charge in [0.1, 0.15) is 11.4 Å². The Morgan fingerprint density at radius 2 is 1.77 bits per heavy atom. The fraction of sp³-hybridized carbons (Fsp3) is 0.0588. The molecule has 0 spiro atoms. The lowest BCUT2D eigenvalue weighted by atomic mass is 10.1. The van der Waals surface area contributed by atoms with Gasteiger partial charge in [-0.1, -0.05) is 24.3 Å². The van der Waals surface area contributed by atoms with E-state index >= 15 is 0 Å². The predicted molar refractivity (Wildman–Crippen MR) is 86.6 cm³/mol. The highest BCUT2D eigenvalue weighted by Gasteiger charge is 2.33. The topological polar surface area (TPSA) is 92.8 Å². The summed E-state index contributed by atoms with van der Waals surface area (Å²) in [5.41, 5.74) is -2.07. The van der Waals surface area contributed by atoms with Crippen molar-refractivity contribution in [1.82, 2.24) is 0 Å². The van der Waals surface area contributed by atoms with E-state index in [0.717, 1.165) is 12.3 Å². The number of fused-ring (bicyclic) bond motifs is 1. The van der Waals surface area contributed by atoms with Crippen molar-refractivity contribution < 1.29 is 28.0 Å². The molecular weight excluding hydrogens is 353 g/mol. The number of aliphatic imine (C=N–C) groups is 1. The highest BCUT2D eigenvalue weighted by molar-refractivity contribution is 6.30. The number of aliphatic hydroxyl groups is 1. The fourth-order valence-electron chi connectivity index (χ4n) is 2.49. The van der Waals surface area contributed by atoms with Crippen LogP contribution in [0, 0.1) is 10.1 Å². The molecule has 0 aromatic heterocycles. The number of nitrogens with zero attached hydrogens (tertiary/aromatic N) is 2. The number of benzene rings is 2. The number of Topliss-reactive ketones (excluding diaryl/α,β-unsaturated/α-hetero) is 1. The first kappa shape index (κ1) is 17.3. The van der Waals surface area contributed by atoms with Gasteiger partial charge in [-0.05, 0) is 12.1 Å². The van der Waals surface area contributed by atoms with E-state index in [9.17, 15) is 33.2 Å². The molecule has 0 amide bonds. The molecule has 6 nitrogen and oxygen atoms in total. The van der Waals surface area contributed by atoms with Gasteiger partial charge in [-0.3, -0.25) is 14.9 Å². The zero-order valence-electron chi connectivity index (χ0n) is 12.8. The molecule has 0 saturated heterocycles. The molecule has 0 unspecified atom stereocenters. The van der Waals surface area contributed by atoms with Crippen molar-refractivity contribution in [2.24, 2.45) is 4.99 Å². The summed E-state index contributed by atoms with van der Waals surface area (Å²) in [5, 5.41) is 21.1. The van der Waals surface area contributed by atoms with E-state index in [1.54, 1.807) is 12.1 Å². The smallest absolute Gasteiger partial charge is 0.416 e.